The highest BCUT2D eigenvalue weighted by Crippen LogP contribution is 2.21. The second kappa shape index (κ2) is 5.75. The maximum Gasteiger partial charge on any atom is 0.0717 e. The van der Waals surface area contributed by atoms with Gasteiger partial charge in [0.2, 0.25) is 0 Å². The summed E-state index contributed by atoms with van der Waals surface area (Å²) < 4.78 is 0. The Morgan fingerprint density at radius 3 is 2.44 bits per heavy atom. The summed E-state index contributed by atoms with van der Waals surface area (Å²) in [6, 6.07) is 8.46. The first-order chi connectivity index (χ1) is 7.90. The van der Waals surface area contributed by atoms with Gasteiger partial charge in [0.1, 0.15) is 0 Å². The zero-order valence-corrected chi connectivity index (χ0v) is 9.91. The molecule has 0 unspecified atom stereocenters. The molecule has 1 aromatic carbocycles. The average Bonchev–Trinajstić information content (AvgIpc) is 2.38. The minimum absolute atomic E-state index is 0.674. The molecule has 0 aliphatic carbocycles. The molecule has 0 saturated carbocycles. The van der Waals surface area contributed by atoms with Gasteiger partial charge in [0.05, 0.1) is 12.3 Å². The molecule has 88 valence electrons. The maximum atomic E-state index is 5.14. The van der Waals surface area contributed by atoms with Gasteiger partial charge in [-0.1, -0.05) is 0 Å². The molecule has 0 radical (unpaired) electrons. The van der Waals surface area contributed by atoms with Crippen LogP contribution in [0.4, 0.5) is 11.4 Å². The predicted molar refractivity (Wildman–Crippen MR) is 67.8 cm³/mol. The molecular weight excluding hydrogens is 200 g/mol. The van der Waals surface area contributed by atoms with Crippen molar-refractivity contribution in [2.45, 2.75) is 26.2 Å². The van der Waals surface area contributed by atoms with E-state index in [0.717, 1.165) is 5.69 Å². The van der Waals surface area contributed by atoms with Gasteiger partial charge in [0.15, 0.2) is 0 Å². The minimum atomic E-state index is 0.674. The fourth-order valence-electron chi connectivity index (χ4n) is 2.05. The van der Waals surface area contributed by atoms with Crippen molar-refractivity contribution in [3.05, 3.63) is 24.3 Å². The fraction of sp³-hybridized carbons (Fsp3) is 0.538. The van der Waals surface area contributed by atoms with Crippen LogP contribution in [0.3, 0.4) is 0 Å². The topological polar surface area (TPSA) is 24.5 Å². The third-order valence-electron chi connectivity index (χ3n) is 2.92. The summed E-state index contributed by atoms with van der Waals surface area (Å²) in [5.74, 6) is 0. The molecule has 1 aromatic rings. The van der Waals surface area contributed by atoms with Crippen molar-refractivity contribution in [1.82, 2.24) is 0 Å². The quantitative estimate of drug-likeness (QED) is 0.789. The second-order valence-corrected chi connectivity index (χ2v) is 4.13. The third kappa shape index (κ3) is 2.89. The lowest BCUT2D eigenvalue weighted by atomic mass is 10.1. The lowest BCUT2D eigenvalue weighted by Crippen LogP contribution is -2.29. The molecule has 1 saturated heterocycles. The van der Waals surface area contributed by atoms with Gasteiger partial charge in [-0.25, -0.2) is 0 Å². The number of anilines is 2. The van der Waals surface area contributed by atoms with Gasteiger partial charge in [-0.05, 0) is 50.5 Å². The highest BCUT2D eigenvalue weighted by molar-refractivity contribution is 5.54. The Bertz CT molecular complexity index is 304. The second-order valence-electron chi connectivity index (χ2n) is 4.13. The first-order valence-electron chi connectivity index (χ1n) is 6.13. The Morgan fingerprint density at radius 1 is 1.12 bits per heavy atom. The summed E-state index contributed by atoms with van der Waals surface area (Å²) in [4.78, 5) is 7.59. The Morgan fingerprint density at radius 2 is 1.81 bits per heavy atom. The molecule has 0 bridgehead atoms. The van der Waals surface area contributed by atoms with Crippen molar-refractivity contribution in [2.24, 2.45) is 0 Å². The van der Waals surface area contributed by atoms with Gasteiger partial charge >= 0.3 is 0 Å². The third-order valence-corrected chi connectivity index (χ3v) is 2.92. The van der Waals surface area contributed by atoms with Crippen LogP contribution in [-0.4, -0.2) is 19.7 Å². The first kappa shape index (κ1) is 11.3. The number of hydrogen-bond donors (Lipinski definition) is 1. The van der Waals surface area contributed by atoms with Crippen molar-refractivity contribution < 1.29 is 4.84 Å². The van der Waals surface area contributed by atoms with E-state index >= 15 is 0 Å². The summed E-state index contributed by atoms with van der Waals surface area (Å²) >= 11 is 0. The SMILES string of the molecule is CCONc1ccc(N2CCCCC2)cc1. The molecule has 0 amide bonds. The standard InChI is InChI=1S/C13H20N2O/c1-2-16-14-12-6-8-13(9-7-12)15-10-4-3-5-11-15/h6-9,14H,2-5,10-11H2,1H3. The van der Waals surface area contributed by atoms with Crippen LogP contribution in [0.1, 0.15) is 26.2 Å². The summed E-state index contributed by atoms with van der Waals surface area (Å²) in [7, 11) is 0. The van der Waals surface area contributed by atoms with Crippen LogP contribution >= 0.6 is 0 Å². The molecule has 1 N–H and O–H groups in total. The van der Waals surface area contributed by atoms with E-state index in [-0.39, 0.29) is 0 Å². The lowest BCUT2D eigenvalue weighted by molar-refractivity contribution is 0.210. The number of nitrogens with zero attached hydrogens (tertiary/aromatic N) is 1. The Hall–Kier alpha value is -1.22. The summed E-state index contributed by atoms with van der Waals surface area (Å²) in [6.07, 6.45) is 4.01. The van der Waals surface area contributed by atoms with Crippen molar-refractivity contribution in [2.75, 3.05) is 30.1 Å². The minimum Gasteiger partial charge on any atom is -0.372 e. The van der Waals surface area contributed by atoms with E-state index in [1.165, 1.54) is 38.0 Å². The zero-order valence-electron chi connectivity index (χ0n) is 9.91. The predicted octanol–water partition coefficient (Wildman–Crippen LogP) is 3.04. The van der Waals surface area contributed by atoms with Crippen molar-refractivity contribution >= 4 is 11.4 Å². The van der Waals surface area contributed by atoms with Crippen LogP contribution < -0.4 is 10.4 Å². The van der Waals surface area contributed by atoms with E-state index in [9.17, 15) is 0 Å². The zero-order chi connectivity index (χ0) is 11.2. The van der Waals surface area contributed by atoms with E-state index < -0.39 is 0 Å². The molecule has 3 nitrogen and oxygen atoms in total. The Kier molecular flexibility index (Phi) is 4.05. The van der Waals surface area contributed by atoms with Crippen LogP contribution in [0.2, 0.25) is 0 Å². The molecular formula is C13H20N2O. The molecule has 0 aromatic heterocycles. The molecule has 3 heteroatoms. The maximum absolute atomic E-state index is 5.14. The van der Waals surface area contributed by atoms with E-state index in [1.807, 2.05) is 6.92 Å². The number of piperidine rings is 1. The van der Waals surface area contributed by atoms with Crippen molar-refractivity contribution in [3.8, 4) is 0 Å². The van der Waals surface area contributed by atoms with Gasteiger partial charge in [-0.3, -0.25) is 10.3 Å². The van der Waals surface area contributed by atoms with E-state index in [2.05, 4.69) is 34.6 Å². The number of hydrogen-bond acceptors (Lipinski definition) is 3. The summed E-state index contributed by atoms with van der Waals surface area (Å²) in [5.41, 5.74) is 5.24. The van der Waals surface area contributed by atoms with E-state index in [1.54, 1.807) is 0 Å². The van der Waals surface area contributed by atoms with E-state index in [0.29, 0.717) is 6.61 Å². The summed E-state index contributed by atoms with van der Waals surface area (Å²) in [6.45, 7) is 5.03. The van der Waals surface area contributed by atoms with Crippen LogP contribution in [0, 0.1) is 0 Å². The lowest BCUT2D eigenvalue weighted by Gasteiger charge is -2.28. The van der Waals surface area contributed by atoms with Gasteiger partial charge in [-0.15, -0.1) is 0 Å². The molecule has 0 spiro atoms. The molecule has 2 rings (SSSR count). The monoisotopic (exact) mass is 220 g/mol. The molecule has 1 fully saturated rings. The smallest absolute Gasteiger partial charge is 0.0717 e. The van der Waals surface area contributed by atoms with Crippen LogP contribution in [0.25, 0.3) is 0 Å². The van der Waals surface area contributed by atoms with Gasteiger partial charge in [0, 0.05) is 18.8 Å². The molecule has 1 aliphatic heterocycles. The van der Waals surface area contributed by atoms with Gasteiger partial charge in [0.25, 0.3) is 0 Å². The normalized spacial score (nSPS) is 16.2. The molecule has 0 atom stereocenters. The highest BCUT2D eigenvalue weighted by atomic mass is 16.6. The van der Waals surface area contributed by atoms with Crippen molar-refractivity contribution in [1.29, 1.82) is 0 Å². The van der Waals surface area contributed by atoms with Crippen LogP contribution in [0.5, 0.6) is 0 Å². The number of rotatable bonds is 4. The van der Waals surface area contributed by atoms with Gasteiger partial charge < -0.3 is 4.90 Å². The largest absolute Gasteiger partial charge is 0.372 e. The molecule has 1 heterocycles. The van der Waals surface area contributed by atoms with Crippen LogP contribution in [-0.2, 0) is 4.84 Å². The van der Waals surface area contributed by atoms with Gasteiger partial charge in [-0.2, -0.15) is 0 Å². The molecule has 1 aliphatic rings. The Balaban J connectivity index is 1.95. The van der Waals surface area contributed by atoms with Crippen molar-refractivity contribution in [3.63, 3.8) is 0 Å². The summed E-state index contributed by atoms with van der Waals surface area (Å²) in [5, 5.41) is 0. The van der Waals surface area contributed by atoms with Crippen LogP contribution in [0.15, 0.2) is 24.3 Å². The average molecular weight is 220 g/mol. The number of nitrogens with one attached hydrogen (secondary N) is 1. The highest BCUT2D eigenvalue weighted by Gasteiger charge is 2.10. The Labute approximate surface area is 97.4 Å². The number of benzene rings is 1. The first-order valence-corrected chi connectivity index (χ1v) is 6.13. The van der Waals surface area contributed by atoms with E-state index in [4.69, 9.17) is 4.84 Å². The fourth-order valence-corrected chi connectivity index (χ4v) is 2.05. The molecule has 16 heavy (non-hydrogen) atoms.